The molecule has 0 saturated carbocycles. The Bertz CT molecular complexity index is 1220. The minimum Gasteiger partial charge on any atom is -0.466 e. The van der Waals surface area contributed by atoms with E-state index in [1.807, 2.05) is 67.6 Å². The van der Waals surface area contributed by atoms with Crippen LogP contribution in [0.1, 0.15) is 61.0 Å². The number of aromatic nitrogens is 1. The highest BCUT2D eigenvalue weighted by molar-refractivity contribution is 5.93. The molecule has 216 valence electrons. The summed E-state index contributed by atoms with van der Waals surface area (Å²) in [4.78, 5) is 41.5. The van der Waals surface area contributed by atoms with Crippen LogP contribution in [0.25, 0.3) is 10.9 Å². The number of para-hydroxylation sites is 1. The molecule has 3 atom stereocenters. The van der Waals surface area contributed by atoms with Crippen LogP contribution in [0, 0.1) is 11.3 Å². The van der Waals surface area contributed by atoms with Gasteiger partial charge in [-0.3, -0.25) is 9.59 Å². The van der Waals surface area contributed by atoms with Gasteiger partial charge < -0.3 is 24.8 Å². The van der Waals surface area contributed by atoms with Crippen LogP contribution in [-0.4, -0.2) is 66.6 Å². The molecule has 0 fully saturated rings. The standard InChI is InChI=1S/C31H48N4O4/c1-19(2)24(17-20(3)29(38)39-12)35(11)28(37)26(30(4,5)6)33-27(36)25(32-9)31(7,8)22-18-34(10)23-16-14-13-15-21(22)23/h13-19,24-26,32H,1-12H3,(H,33,36)/b20-17+/t24?,25-,26-/m1/s1. The van der Waals surface area contributed by atoms with Gasteiger partial charge in [-0.15, -0.1) is 0 Å². The molecular weight excluding hydrogens is 492 g/mol. The summed E-state index contributed by atoms with van der Waals surface area (Å²) in [6, 6.07) is 6.39. The van der Waals surface area contributed by atoms with Gasteiger partial charge in [0.05, 0.1) is 19.2 Å². The van der Waals surface area contributed by atoms with Gasteiger partial charge in [-0.05, 0) is 36.9 Å². The molecule has 2 N–H and O–H groups in total. The number of amides is 2. The lowest BCUT2D eigenvalue weighted by molar-refractivity contribution is -0.141. The first kappa shape index (κ1) is 32.1. The third kappa shape index (κ3) is 6.90. The maximum atomic E-state index is 13.9. The maximum Gasteiger partial charge on any atom is 0.333 e. The molecule has 0 aliphatic rings. The lowest BCUT2D eigenvalue weighted by Crippen LogP contribution is -2.61. The summed E-state index contributed by atoms with van der Waals surface area (Å²) in [6.07, 6.45) is 3.83. The second-order valence-electron chi connectivity index (χ2n) is 12.4. The Kier molecular flexibility index (Phi) is 10.2. The van der Waals surface area contributed by atoms with Crippen LogP contribution in [0.5, 0.6) is 0 Å². The number of ether oxygens (including phenoxy) is 1. The van der Waals surface area contributed by atoms with E-state index in [9.17, 15) is 14.4 Å². The number of likely N-dealkylation sites (N-methyl/N-ethyl adjacent to an activating group) is 2. The Morgan fingerprint density at radius 3 is 2.15 bits per heavy atom. The highest BCUT2D eigenvalue weighted by atomic mass is 16.5. The van der Waals surface area contributed by atoms with Crippen molar-refractivity contribution in [1.29, 1.82) is 0 Å². The smallest absolute Gasteiger partial charge is 0.333 e. The number of esters is 1. The third-order valence-corrected chi connectivity index (χ3v) is 7.67. The van der Waals surface area contributed by atoms with E-state index in [0.29, 0.717) is 5.57 Å². The first-order chi connectivity index (χ1) is 18.0. The number of nitrogens with one attached hydrogen (secondary N) is 2. The average molecular weight is 541 g/mol. The molecule has 0 aliphatic heterocycles. The van der Waals surface area contributed by atoms with Crippen molar-refractivity contribution in [3.8, 4) is 0 Å². The largest absolute Gasteiger partial charge is 0.466 e. The number of methoxy groups -OCH3 is 1. The van der Waals surface area contributed by atoms with E-state index < -0.39 is 28.9 Å². The molecule has 2 rings (SSSR count). The van der Waals surface area contributed by atoms with Crippen molar-refractivity contribution in [2.24, 2.45) is 18.4 Å². The van der Waals surface area contributed by atoms with Crippen molar-refractivity contribution >= 4 is 28.7 Å². The normalized spacial score (nSPS) is 15.2. The van der Waals surface area contributed by atoms with Crippen LogP contribution in [0.4, 0.5) is 0 Å². The number of hydrogen-bond acceptors (Lipinski definition) is 5. The molecule has 0 bridgehead atoms. The Labute approximate surface area is 234 Å². The third-order valence-electron chi connectivity index (χ3n) is 7.67. The lowest BCUT2D eigenvalue weighted by Gasteiger charge is -2.39. The van der Waals surface area contributed by atoms with Crippen molar-refractivity contribution < 1.29 is 19.1 Å². The van der Waals surface area contributed by atoms with E-state index in [-0.39, 0.29) is 23.8 Å². The quantitative estimate of drug-likeness (QED) is 0.349. The van der Waals surface area contributed by atoms with Crippen molar-refractivity contribution in [2.75, 3.05) is 21.2 Å². The highest BCUT2D eigenvalue weighted by Gasteiger charge is 2.42. The predicted molar refractivity (Wildman–Crippen MR) is 157 cm³/mol. The molecule has 0 spiro atoms. The Hall–Kier alpha value is -3.13. The molecule has 2 amide bonds. The van der Waals surface area contributed by atoms with Crippen molar-refractivity contribution in [3.05, 3.63) is 47.7 Å². The number of carbonyl (C=O) groups excluding carboxylic acids is 3. The zero-order chi connectivity index (χ0) is 29.9. The van der Waals surface area contributed by atoms with Crippen molar-refractivity contribution in [2.45, 2.75) is 78.9 Å². The summed E-state index contributed by atoms with van der Waals surface area (Å²) in [5.41, 5.74) is 1.42. The Morgan fingerprint density at radius 1 is 1.05 bits per heavy atom. The SMILES string of the molecule is CN[C@H](C(=O)N[C@H](C(=O)N(C)C(/C=C(\C)C(=O)OC)C(C)C)C(C)(C)C)C(C)(C)c1cn(C)c2ccccc12. The Morgan fingerprint density at radius 2 is 1.64 bits per heavy atom. The molecule has 0 radical (unpaired) electrons. The second kappa shape index (κ2) is 12.4. The Balaban J connectivity index is 2.43. The predicted octanol–water partition coefficient (Wildman–Crippen LogP) is 4.18. The van der Waals surface area contributed by atoms with E-state index in [4.69, 9.17) is 4.74 Å². The van der Waals surface area contributed by atoms with E-state index in [1.165, 1.54) is 7.11 Å². The number of nitrogens with zero attached hydrogens (tertiary/aromatic N) is 2. The van der Waals surface area contributed by atoms with Gasteiger partial charge in [0.1, 0.15) is 6.04 Å². The number of fused-ring (bicyclic) bond motifs is 1. The van der Waals surface area contributed by atoms with E-state index in [1.54, 1.807) is 32.0 Å². The number of carbonyl (C=O) groups is 3. The molecule has 1 heterocycles. The second-order valence-corrected chi connectivity index (χ2v) is 12.4. The van der Waals surface area contributed by atoms with Crippen molar-refractivity contribution in [1.82, 2.24) is 20.1 Å². The van der Waals surface area contributed by atoms with Gasteiger partial charge in [0.2, 0.25) is 11.8 Å². The summed E-state index contributed by atoms with van der Waals surface area (Å²) in [7, 11) is 6.82. The summed E-state index contributed by atoms with van der Waals surface area (Å²) < 4.78 is 6.92. The topological polar surface area (TPSA) is 92.7 Å². The zero-order valence-electron chi connectivity index (χ0n) is 25.8. The number of aryl methyl sites for hydroxylation is 1. The van der Waals surface area contributed by atoms with Crippen LogP contribution in [-0.2, 0) is 31.6 Å². The number of hydrogen-bond donors (Lipinski definition) is 2. The molecule has 1 unspecified atom stereocenters. The van der Waals surface area contributed by atoms with Gasteiger partial charge in [0.25, 0.3) is 0 Å². The summed E-state index contributed by atoms with van der Waals surface area (Å²) in [5, 5.41) is 7.40. The van der Waals surface area contributed by atoms with Crippen molar-refractivity contribution in [3.63, 3.8) is 0 Å². The molecule has 0 aliphatic carbocycles. The minimum atomic E-state index is -0.790. The van der Waals surface area contributed by atoms with Crippen LogP contribution >= 0.6 is 0 Å². The fraction of sp³-hybridized carbons (Fsp3) is 0.581. The monoisotopic (exact) mass is 540 g/mol. The lowest BCUT2D eigenvalue weighted by atomic mass is 9.76. The van der Waals surface area contributed by atoms with Crippen LogP contribution in [0.3, 0.4) is 0 Å². The number of rotatable bonds is 10. The fourth-order valence-electron chi connectivity index (χ4n) is 5.29. The maximum absolute atomic E-state index is 13.9. The zero-order valence-corrected chi connectivity index (χ0v) is 25.8. The van der Waals surface area contributed by atoms with Crippen LogP contribution in [0.15, 0.2) is 42.1 Å². The average Bonchev–Trinajstić information content (AvgIpc) is 3.21. The minimum absolute atomic E-state index is 0.0326. The van der Waals surface area contributed by atoms with Crippen LogP contribution < -0.4 is 10.6 Å². The van der Waals surface area contributed by atoms with E-state index in [0.717, 1.165) is 16.5 Å². The molecular formula is C31H48N4O4. The molecule has 8 nitrogen and oxygen atoms in total. The molecule has 2 aromatic rings. The first-order valence-electron chi connectivity index (χ1n) is 13.5. The molecule has 1 aromatic heterocycles. The first-order valence-corrected chi connectivity index (χ1v) is 13.5. The fourth-order valence-corrected chi connectivity index (χ4v) is 5.29. The highest BCUT2D eigenvalue weighted by Crippen LogP contribution is 2.35. The van der Waals surface area contributed by atoms with E-state index in [2.05, 4.69) is 33.5 Å². The molecule has 0 saturated heterocycles. The summed E-state index contributed by atoms with van der Waals surface area (Å²) >= 11 is 0. The molecule has 1 aromatic carbocycles. The van der Waals surface area contributed by atoms with Gasteiger partial charge in [0.15, 0.2) is 0 Å². The van der Waals surface area contributed by atoms with E-state index >= 15 is 0 Å². The molecule has 8 heteroatoms. The summed E-state index contributed by atoms with van der Waals surface area (Å²) in [6.45, 7) is 15.6. The van der Waals surface area contributed by atoms with Gasteiger partial charge in [0, 0.05) is 42.2 Å². The van der Waals surface area contributed by atoms with Gasteiger partial charge in [-0.2, -0.15) is 0 Å². The van der Waals surface area contributed by atoms with Gasteiger partial charge in [-0.25, -0.2) is 4.79 Å². The van der Waals surface area contributed by atoms with Gasteiger partial charge >= 0.3 is 5.97 Å². The van der Waals surface area contributed by atoms with Gasteiger partial charge in [-0.1, -0.05) is 72.7 Å². The molecule has 39 heavy (non-hydrogen) atoms. The number of benzene rings is 1. The van der Waals surface area contributed by atoms with Crippen LogP contribution in [0.2, 0.25) is 0 Å². The summed E-state index contributed by atoms with van der Waals surface area (Å²) in [5.74, 6) is -0.874.